The van der Waals surface area contributed by atoms with Gasteiger partial charge in [-0.1, -0.05) is 54.1 Å². The Kier molecular flexibility index (Phi) is 5.65. The van der Waals surface area contributed by atoms with E-state index in [0.29, 0.717) is 23.9 Å². The predicted octanol–water partition coefficient (Wildman–Crippen LogP) is 4.24. The van der Waals surface area contributed by atoms with Crippen LogP contribution in [0.3, 0.4) is 0 Å². The third-order valence-electron chi connectivity index (χ3n) is 3.58. The van der Waals surface area contributed by atoms with Crippen LogP contribution in [0.15, 0.2) is 72.9 Å². The van der Waals surface area contributed by atoms with Crippen LogP contribution in [0.2, 0.25) is 5.02 Å². The van der Waals surface area contributed by atoms with E-state index in [-0.39, 0.29) is 5.91 Å². The van der Waals surface area contributed by atoms with Gasteiger partial charge in [-0.25, -0.2) is 0 Å². The fourth-order valence-electron chi connectivity index (χ4n) is 2.25. The Balaban J connectivity index is 1.51. The summed E-state index contributed by atoms with van der Waals surface area (Å²) in [7, 11) is 0. The molecule has 1 amide bonds. The molecular weight excluding hydrogens is 336 g/mol. The van der Waals surface area contributed by atoms with Crippen LogP contribution in [0.5, 0.6) is 5.75 Å². The number of carbonyl (C=O) groups is 1. The number of nitrogens with zero attached hydrogens (tertiary/aromatic N) is 1. The SMILES string of the molecule is O=C(NCc1ccc(OCc2ccccc2)cc1)c1cc(Cl)ccn1. The summed E-state index contributed by atoms with van der Waals surface area (Å²) in [5.74, 6) is 0.530. The molecule has 1 heterocycles. The highest BCUT2D eigenvalue weighted by Crippen LogP contribution is 2.14. The zero-order valence-corrected chi connectivity index (χ0v) is 14.2. The van der Waals surface area contributed by atoms with Gasteiger partial charge in [0.05, 0.1) is 0 Å². The topological polar surface area (TPSA) is 51.2 Å². The predicted molar refractivity (Wildman–Crippen MR) is 97.6 cm³/mol. The Labute approximate surface area is 151 Å². The maximum absolute atomic E-state index is 12.0. The number of benzene rings is 2. The van der Waals surface area contributed by atoms with Gasteiger partial charge in [-0.05, 0) is 35.4 Å². The monoisotopic (exact) mass is 352 g/mol. The van der Waals surface area contributed by atoms with E-state index < -0.39 is 0 Å². The standard InChI is InChI=1S/C20H17ClN2O2/c21-17-10-11-22-19(12-17)20(24)23-13-15-6-8-18(9-7-15)25-14-16-4-2-1-3-5-16/h1-12H,13-14H2,(H,23,24). The number of nitrogens with one attached hydrogen (secondary N) is 1. The van der Waals surface area contributed by atoms with Gasteiger partial charge < -0.3 is 10.1 Å². The number of ether oxygens (including phenoxy) is 1. The van der Waals surface area contributed by atoms with Crippen molar-refractivity contribution in [3.05, 3.63) is 94.8 Å². The Morgan fingerprint density at radius 2 is 1.76 bits per heavy atom. The Morgan fingerprint density at radius 1 is 1.00 bits per heavy atom. The van der Waals surface area contributed by atoms with E-state index >= 15 is 0 Å². The molecule has 1 N–H and O–H groups in total. The molecule has 0 unspecified atom stereocenters. The van der Waals surface area contributed by atoms with Crippen molar-refractivity contribution in [1.82, 2.24) is 10.3 Å². The molecule has 126 valence electrons. The average Bonchev–Trinajstić information content (AvgIpc) is 2.66. The molecule has 0 fully saturated rings. The number of aromatic nitrogens is 1. The molecule has 0 aliphatic carbocycles. The number of hydrogen-bond donors (Lipinski definition) is 1. The van der Waals surface area contributed by atoms with Crippen LogP contribution in [0.25, 0.3) is 0 Å². The van der Waals surface area contributed by atoms with Gasteiger partial charge in [0.2, 0.25) is 0 Å². The molecule has 3 aromatic rings. The molecule has 0 radical (unpaired) electrons. The minimum atomic E-state index is -0.257. The third-order valence-corrected chi connectivity index (χ3v) is 3.81. The molecule has 4 nitrogen and oxygen atoms in total. The summed E-state index contributed by atoms with van der Waals surface area (Å²) < 4.78 is 5.74. The van der Waals surface area contributed by atoms with Crippen molar-refractivity contribution in [2.45, 2.75) is 13.2 Å². The lowest BCUT2D eigenvalue weighted by molar-refractivity contribution is 0.0946. The summed E-state index contributed by atoms with van der Waals surface area (Å²) in [5.41, 5.74) is 2.39. The zero-order chi connectivity index (χ0) is 17.5. The van der Waals surface area contributed by atoms with Crippen LogP contribution in [-0.2, 0) is 13.2 Å². The van der Waals surface area contributed by atoms with Gasteiger partial charge in [-0.3, -0.25) is 9.78 Å². The first-order valence-corrected chi connectivity index (χ1v) is 8.24. The summed E-state index contributed by atoms with van der Waals surface area (Å²) in [4.78, 5) is 16.0. The van der Waals surface area contributed by atoms with Crippen LogP contribution in [0.4, 0.5) is 0 Å². The quantitative estimate of drug-likeness (QED) is 0.721. The van der Waals surface area contributed by atoms with Crippen LogP contribution in [0, 0.1) is 0 Å². The number of amides is 1. The van der Waals surface area contributed by atoms with Gasteiger partial charge in [-0.15, -0.1) is 0 Å². The van der Waals surface area contributed by atoms with Gasteiger partial charge in [-0.2, -0.15) is 0 Å². The zero-order valence-electron chi connectivity index (χ0n) is 13.5. The van der Waals surface area contributed by atoms with Gasteiger partial charge in [0.15, 0.2) is 0 Å². The molecule has 0 saturated carbocycles. The van der Waals surface area contributed by atoms with Crippen molar-refractivity contribution in [1.29, 1.82) is 0 Å². The van der Waals surface area contributed by atoms with E-state index in [2.05, 4.69) is 10.3 Å². The second-order valence-corrected chi connectivity index (χ2v) is 5.90. The first kappa shape index (κ1) is 17.0. The summed E-state index contributed by atoms with van der Waals surface area (Å²) in [6.07, 6.45) is 1.51. The van der Waals surface area contributed by atoms with Crippen molar-refractivity contribution in [3.63, 3.8) is 0 Å². The van der Waals surface area contributed by atoms with Crippen molar-refractivity contribution >= 4 is 17.5 Å². The summed E-state index contributed by atoms with van der Waals surface area (Å²) in [6.45, 7) is 0.934. The summed E-state index contributed by atoms with van der Waals surface area (Å²) in [5, 5.41) is 3.31. The van der Waals surface area contributed by atoms with Gasteiger partial charge in [0.25, 0.3) is 5.91 Å². The molecule has 5 heteroatoms. The highest BCUT2D eigenvalue weighted by atomic mass is 35.5. The van der Waals surface area contributed by atoms with Crippen molar-refractivity contribution < 1.29 is 9.53 Å². The number of pyridine rings is 1. The second kappa shape index (κ2) is 8.31. The first-order valence-electron chi connectivity index (χ1n) is 7.86. The van der Waals surface area contributed by atoms with E-state index in [1.54, 1.807) is 6.07 Å². The maximum atomic E-state index is 12.0. The molecule has 0 spiro atoms. The van der Waals surface area contributed by atoms with Crippen molar-refractivity contribution in [2.75, 3.05) is 0 Å². The van der Waals surface area contributed by atoms with Gasteiger partial charge in [0, 0.05) is 17.8 Å². The molecule has 0 aliphatic heterocycles. The molecule has 1 aromatic heterocycles. The first-order chi connectivity index (χ1) is 12.2. The number of halogens is 1. The number of hydrogen-bond acceptors (Lipinski definition) is 3. The lowest BCUT2D eigenvalue weighted by Crippen LogP contribution is -2.23. The van der Waals surface area contributed by atoms with E-state index in [1.807, 2.05) is 54.6 Å². The van der Waals surface area contributed by atoms with Crippen LogP contribution in [-0.4, -0.2) is 10.9 Å². The normalized spacial score (nSPS) is 10.3. The molecule has 25 heavy (non-hydrogen) atoms. The second-order valence-electron chi connectivity index (χ2n) is 5.46. The summed E-state index contributed by atoms with van der Waals surface area (Å²) in [6, 6.07) is 20.8. The molecule has 0 atom stereocenters. The van der Waals surface area contributed by atoms with Crippen molar-refractivity contribution in [3.8, 4) is 5.75 Å². The summed E-state index contributed by atoms with van der Waals surface area (Å²) >= 11 is 5.86. The minimum absolute atomic E-state index is 0.257. The lowest BCUT2D eigenvalue weighted by atomic mass is 10.2. The minimum Gasteiger partial charge on any atom is -0.489 e. The highest BCUT2D eigenvalue weighted by Gasteiger charge is 2.07. The third kappa shape index (κ3) is 5.06. The van der Waals surface area contributed by atoms with Gasteiger partial charge in [0.1, 0.15) is 18.1 Å². The van der Waals surface area contributed by atoms with E-state index in [9.17, 15) is 4.79 Å². The lowest BCUT2D eigenvalue weighted by Gasteiger charge is -2.08. The fourth-order valence-corrected chi connectivity index (χ4v) is 2.41. The van der Waals surface area contributed by atoms with Crippen LogP contribution < -0.4 is 10.1 Å². The number of rotatable bonds is 6. The van der Waals surface area contributed by atoms with Crippen LogP contribution in [0.1, 0.15) is 21.6 Å². The average molecular weight is 353 g/mol. The van der Waals surface area contributed by atoms with Crippen LogP contribution >= 0.6 is 11.6 Å². The Morgan fingerprint density at radius 3 is 2.48 bits per heavy atom. The van der Waals surface area contributed by atoms with E-state index in [0.717, 1.165) is 16.9 Å². The van der Waals surface area contributed by atoms with E-state index in [1.165, 1.54) is 12.3 Å². The maximum Gasteiger partial charge on any atom is 0.270 e. The molecule has 0 saturated heterocycles. The largest absolute Gasteiger partial charge is 0.489 e. The number of carbonyl (C=O) groups excluding carboxylic acids is 1. The van der Waals surface area contributed by atoms with E-state index in [4.69, 9.17) is 16.3 Å². The molecule has 2 aromatic carbocycles. The smallest absolute Gasteiger partial charge is 0.270 e. The van der Waals surface area contributed by atoms with Crippen molar-refractivity contribution in [2.24, 2.45) is 0 Å². The molecule has 0 aliphatic rings. The molecular formula is C20H17ClN2O2. The molecule has 0 bridgehead atoms. The molecule has 3 rings (SSSR count). The Bertz CT molecular complexity index is 836. The fraction of sp³-hybridized carbons (Fsp3) is 0.100. The Hall–Kier alpha value is -2.85. The van der Waals surface area contributed by atoms with Gasteiger partial charge >= 0.3 is 0 Å². The highest BCUT2D eigenvalue weighted by molar-refractivity contribution is 6.30.